The van der Waals surface area contributed by atoms with E-state index < -0.39 is 41.6 Å². The van der Waals surface area contributed by atoms with Gasteiger partial charge in [-0.15, -0.1) is 0 Å². The van der Waals surface area contributed by atoms with Crippen molar-refractivity contribution in [3.63, 3.8) is 0 Å². The number of H-pyrrole nitrogens is 1. The highest BCUT2D eigenvalue weighted by Crippen LogP contribution is 2.32. The van der Waals surface area contributed by atoms with E-state index in [1.807, 2.05) is 0 Å². The molecule has 0 saturated carbocycles. The largest absolute Gasteiger partial charge is 0.417 e. The zero-order valence-corrected chi connectivity index (χ0v) is 7.61. The van der Waals surface area contributed by atoms with Crippen molar-refractivity contribution in [2.24, 2.45) is 0 Å². The molecule has 0 atom stereocenters. The van der Waals surface area contributed by atoms with E-state index in [1.165, 1.54) is 0 Å². The van der Waals surface area contributed by atoms with Gasteiger partial charge in [-0.25, -0.2) is 8.78 Å². The van der Waals surface area contributed by atoms with Gasteiger partial charge in [-0.3, -0.25) is 4.79 Å². The van der Waals surface area contributed by atoms with Gasteiger partial charge in [-0.2, -0.15) is 13.2 Å². The average molecular weight is 243 g/mol. The van der Waals surface area contributed by atoms with Crippen molar-refractivity contribution in [2.75, 3.05) is 0 Å². The Bertz CT molecular complexity index is 437. The molecule has 0 saturated heterocycles. The molecule has 2 N–H and O–H groups in total. The number of aromatic nitrogens is 1. The number of aromatic amines is 1. The van der Waals surface area contributed by atoms with Crippen LogP contribution in [0.5, 0.6) is 0 Å². The lowest BCUT2D eigenvalue weighted by molar-refractivity contribution is -0.139. The number of hydrogen-bond donors (Lipinski definition) is 2. The summed E-state index contributed by atoms with van der Waals surface area (Å²) >= 11 is 0. The molecule has 0 radical (unpaired) electrons. The van der Waals surface area contributed by atoms with Gasteiger partial charge in [0.1, 0.15) is 0 Å². The minimum atomic E-state index is -4.96. The summed E-state index contributed by atoms with van der Waals surface area (Å²) in [6, 6.07) is 0.123. The Morgan fingerprint density at radius 1 is 1.38 bits per heavy atom. The molecule has 0 bridgehead atoms. The van der Waals surface area contributed by atoms with E-state index in [0.29, 0.717) is 0 Å². The molecule has 1 heterocycles. The summed E-state index contributed by atoms with van der Waals surface area (Å²) in [5.74, 6) is 0. The normalized spacial score (nSPS) is 12.2. The minimum absolute atomic E-state index is 0.123. The maximum Gasteiger partial charge on any atom is 0.417 e. The van der Waals surface area contributed by atoms with Crippen molar-refractivity contribution in [2.45, 2.75) is 19.2 Å². The SMILES string of the molecule is O=c1[nH]c(C(F)F)cc(C(F)(F)F)c1CO. The minimum Gasteiger partial charge on any atom is -0.391 e. The molecule has 0 spiro atoms. The zero-order chi connectivity index (χ0) is 12.5. The lowest BCUT2D eigenvalue weighted by Gasteiger charge is -2.12. The maximum atomic E-state index is 12.4. The fraction of sp³-hybridized carbons (Fsp3) is 0.375. The van der Waals surface area contributed by atoms with Crippen LogP contribution in [-0.2, 0) is 12.8 Å². The molecule has 1 aromatic heterocycles. The van der Waals surface area contributed by atoms with Crippen LogP contribution in [0.3, 0.4) is 0 Å². The molecule has 0 aromatic carbocycles. The Hall–Kier alpha value is -1.44. The van der Waals surface area contributed by atoms with Crippen LogP contribution in [-0.4, -0.2) is 10.1 Å². The summed E-state index contributed by atoms with van der Waals surface area (Å²) in [5.41, 5.74) is -5.02. The van der Waals surface area contributed by atoms with E-state index in [0.717, 1.165) is 0 Å². The Kier molecular flexibility index (Phi) is 3.32. The third-order valence-electron chi connectivity index (χ3n) is 1.86. The number of halogens is 5. The second-order valence-corrected chi connectivity index (χ2v) is 2.90. The molecule has 0 fully saturated rings. The monoisotopic (exact) mass is 243 g/mol. The van der Waals surface area contributed by atoms with Crippen molar-refractivity contribution < 1.29 is 27.1 Å². The van der Waals surface area contributed by atoms with Gasteiger partial charge in [-0.05, 0) is 6.07 Å². The number of hydrogen-bond acceptors (Lipinski definition) is 2. The molecule has 0 unspecified atom stereocenters. The van der Waals surface area contributed by atoms with E-state index >= 15 is 0 Å². The van der Waals surface area contributed by atoms with Crippen LogP contribution >= 0.6 is 0 Å². The highest BCUT2D eigenvalue weighted by Gasteiger charge is 2.35. The molecular weight excluding hydrogens is 237 g/mol. The van der Waals surface area contributed by atoms with Crippen molar-refractivity contribution in [3.05, 3.63) is 33.2 Å². The van der Waals surface area contributed by atoms with Crippen molar-refractivity contribution in [1.82, 2.24) is 4.98 Å². The molecular formula is C8H6F5NO2. The van der Waals surface area contributed by atoms with Crippen LogP contribution in [0, 0.1) is 0 Å². The molecule has 3 nitrogen and oxygen atoms in total. The van der Waals surface area contributed by atoms with E-state index in [-0.39, 0.29) is 6.07 Å². The third kappa shape index (κ3) is 2.38. The smallest absolute Gasteiger partial charge is 0.391 e. The van der Waals surface area contributed by atoms with Gasteiger partial charge in [0, 0.05) is 0 Å². The van der Waals surface area contributed by atoms with Crippen LogP contribution in [0.1, 0.15) is 23.2 Å². The molecule has 0 aliphatic heterocycles. The van der Waals surface area contributed by atoms with Gasteiger partial charge in [0.2, 0.25) is 0 Å². The van der Waals surface area contributed by atoms with E-state index in [9.17, 15) is 26.7 Å². The number of rotatable bonds is 2. The molecule has 0 aliphatic carbocycles. The third-order valence-corrected chi connectivity index (χ3v) is 1.86. The second kappa shape index (κ2) is 4.20. The van der Waals surface area contributed by atoms with Crippen molar-refractivity contribution in [3.8, 4) is 0 Å². The highest BCUT2D eigenvalue weighted by atomic mass is 19.4. The van der Waals surface area contributed by atoms with Gasteiger partial charge < -0.3 is 10.1 Å². The zero-order valence-electron chi connectivity index (χ0n) is 7.61. The number of nitrogens with one attached hydrogen (secondary N) is 1. The quantitative estimate of drug-likeness (QED) is 0.778. The molecule has 1 aromatic rings. The highest BCUT2D eigenvalue weighted by molar-refractivity contribution is 5.29. The summed E-state index contributed by atoms with van der Waals surface area (Å²) < 4.78 is 61.4. The maximum absolute atomic E-state index is 12.4. The lowest BCUT2D eigenvalue weighted by atomic mass is 10.1. The van der Waals surface area contributed by atoms with Crippen molar-refractivity contribution in [1.29, 1.82) is 0 Å². The Balaban J connectivity index is 3.50. The van der Waals surface area contributed by atoms with E-state index in [1.54, 1.807) is 4.98 Å². The van der Waals surface area contributed by atoms with Crippen LogP contribution in [0.15, 0.2) is 10.9 Å². The lowest BCUT2D eigenvalue weighted by Crippen LogP contribution is -2.22. The van der Waals surface area contributed by atoms with E-state index in [2.05, 4.69) is 0 Å². The fourth-order valence-corrected chi connectivity index (χ4v) is 1.14. The number of aliphatic hydroxyl groups excluding tert-OH is 1. The molecule has 1 rings (SSSR count). The fourth-order valence-electron chi connectivity index (χ4n) is 1.14. The first-order valence-electron chi connectivity index (χ1n) is 3.99. The first-order chi connectivity index (χ1) is 7.27. The predicted molar refractivity (Wildman–Crippen MR) is 42.9 cm³/mol. The van der Waals surface area contributed by atoms with Gasteiger partial charge in [-0.1, -0.05) is 0 Å². The van der Waals surface area contributed by atoms with Gasteiger partial charge in [0.15, 0.2) is 0 Å². The van der Waals surface area contributed by atoms with Gasteiger partial charge in [0.25, 0.3) is 12.0 Å². The summed E-state index contributed by atoms with van der Waals surface area (Å²) in [4.78, 5) is 12.6. The molecule has 90 valence electrons. The summed E-state index contributed by atoms with van der Waals surface area (Å²) in [6.45, 7) is -1.17. The van der Waals surface area contributed by atoms with Crippen LogP contribution in [0.25, 0.3) is 0 Å². The Morgan fingerprint density at radius 3 is 2.31 bits per heavy atom. The molecule has 0 amide bonds. The first kappa shape index (κ1) is 12.6. The second-order valence-electron chi connectivity index (χ2n) is 2.90. The molecule has 16 heavy (non-hydrogen) atoms. The first-order valence-corrected chi connectivity index (χ1v) is 3.99. The summed E-state index contributed by atoms with van der Waals surface area (Å²) in [7, 11) is 0. The average Bonchev–Trinajstić information content (AvgIpc) is 2.14. The van der Waals surface area contributed by atoms with Crippen LogP contribution in [0.4, 0.5) is 22.0 Å². The standard InChI is InChI=1S/C8H6F5NO2/c9-6(10)5-1-4(8(11,12)13)3(2-15)7(16)14-5/h1,6,15H,2H2,(H,14,16). The summed E-state index contributed by atoms with van der Waals surface area (Å²) in [6.07, 6.45) is -8.18. The van der Waals surface area contributed by atoms with Crippen LogP contribution in [0.2, 0.25) is 0 Å². The molecule has 8 heteroatoms. The van der Waals surface area contributed by atoms with Gasteiger partial charge >= 0.3 is 6.18 Å². The summed E-state index contributed by atoms with van der Waals surface area (Å²) in [5, 5.41) is 8.58. The predicted octanol–water partition coefficient (Wildman–Crippen LogP) is 1.82. The Labute approximate surface area is 85.5 Å². The topological polar surface area (TPSA) is 53.1 Å². The number of alkyl halides is 5. The van der Waals surface area contributed by atoms with Crippen molar-refractivity contribution >= 4 is 0 Å². The van der Waals surface area contributed by atoms with Gasteiger partial charge in [0.05, 0.1) is 23.4 Å². The number of aliphatic hydroxyl groups is 1. The number of pyridine rings is 1. The molecule has 0 aliphatic rings. The van der Waals surface area contributed by atoms with E-state index in [4.69, 9.17) is 5.11 Å². The van der Waals surface area contributed by atoms with Crippen LogP contribution < -0.4 is 5.56 Å². The Morgan fingerprint density at radius 2 is 1.94 bits per heavy atom.